The monoisotopic (exact) mass is 598 g/mol. The molecule has 208 valence electrons. The van der Waals surface area contributed by atoms with Gasteiger partial charge in [0.05, 0.1) is 27.1 Å². The number of hydrogen-bond donors (Lipinski definition) is 0. The number of alkyl halides is 2. The minimum atomic E-state index is -3.70. The second kappa shape index (κ2) is 12.2. The van der Waals surface area contributed by atoms with Crippen LogP contribution < -0.4 is 9.64 Å². The number of amides is 1. The molecule has 0 bridgehead atoms. The van der Waals surface area contributed by atoms with E-state index in [1.165, 1.54) is 0 Å². The minimum Gasteiger partial charge on any atom is -0.489 e. The van der Waals surface area contributed by atoms with E-state index in [1.54, 1.807) is 4.90 Å². The molecule has 0 N–H and O–H groups in total. The molecule has 1 fully saturated rings. The third-order valence-corrected chi connectivity index (χ3v) is 7.57. The molecule has 14 heteroatoms. The maximum Gasteiger partial charge on any atom is 0.281 e. The zero-order valence-electron chi connectivity index (χ0n) is 20.8. The summed E-state index contributed by atoms with van der Waals surface area (Å²) in [5.74, 6) is -3.24. The fourth-order valence-corrected chi connectivity index (χ4v) is 5.05. The first kappa shape index (κ1) is 30.2. The number of carbonyl (C=O) groups excluding carboxylic acids is 4. The number of rotatable bonds is 5. The number of fused-ring (bicyclic) bond motifs is 1. The van der Waals surface area contributed by atoms with E-state index in [4.69, 9.17) is 27.9 Å². The number of nitro groups is 1. The number of sulfone groups is 1. The molecular formula is C25H24Cl2N2O9S. The van der Waals surface area contributed by atoms with E-state index in [0.29, 0.717) is 18.8 Å². The van der Waals surface area contributed by atoms with Crippen molar-refractivity contribution in [3.05, 3.63) is 58.1 Å². The van der Waals surface area contributed by atoms with Crippen LogP contribution in [0.4, 0.5) is 11.4 Å². The maximum absolute atomic E-state index is 12.4. The van der Waals surface area contributed by atoms with Gasteiger partial charge in [-0.2, -0.15) is 0 Å². The van der Waals surface area contributed by atoms with E-state index in [1.807, 2.05) is 31.2 Å². The van der Waals surface area contributed by atoms with Crippen LogP contribution in [0, 0.1) is 16.0 Å². The molecule has 1 heterocycles. The van der Waals surface area contributed by atoms with Gasteiger partial charge in [-0.1, -0.05) is 35.3 Å². The molecule has 2 aromatic carbocycles. The Morgan fingerprint density at radius 2 is 1.72 bits per heavy atom. The van der Waals surface area contributed by atoms with Crippen LogP contribution in [-0.4, -0.2) is 60.3 Å². The normalized spacial score (nSPS) is 17.6. The third-order valence-electron chi connectivity index (χ3n) is 6.08. The molecule has 0 spiro atoms. The summed E-state index contributed by atoms with van der Waals surface area (Å²) in [5, 5.41) is 11.1. The average Bonchev–Trinajstić information content (AvgIpc) is 2.87. The molecule has 1 unspecified atom stereocenters. The van der Waals surface area contributed by atoms with Gasteiger partial charge in [0.15, 0.2) is 32.0 Å². The van der Waals surface area contributed by atoms with Crippen LogP contribution >= 0.6 is 23.2 Å². The molecule has 1 amide bonds. The standard InChI is InChI=1S/C14H13NO7S.C11H11Cl2NO2/c1-23(21,22)8-5-6-9(10(7-8)15(19)20)14(18)13-11(16)3-2-4-12(13)17;1-7-6-16-9-5-3-2-4-8(9)14(7)11(15)10(12)13/h5-7,13H,2-4H2,1H3;2-5,7,10H,6H2,1H3. The van der Waals surface area contributed by atoms with Crippen LogP contribution in [0.15, 0.2) is 47.4 Å². The van der Waals surface area contributed by atoms with Gasteiger partial charge in [0.25, 0.3) is 11.6 Å². The van der Waals surface area contributed by atoms with Gasteiger partial charge in [0.1, 0.15) is 18.3 Å². The molecule has 2 aromatic rings. The van der Waals surface area contributed by atoms with Crippen molar-refractivity contribution in [2.24, 2.45) is 5.92 Å². The SMILES string of the molecule is CC1COc2ccccc2N1C(=O)C(Cl)Cl.CS(=O)(=O)c1ccc(C(=O)C2C(=O)CCCC2=O)c([N+](=O)[O-])c1. The average molecular weight is 599 g/mol. The summed E-state index contributed by atoms with van der Waals surface area (Å²) in [6.45, 7) is 2.34. The van der Waals surface area contributed by atoms with Crippen molar-refractivity contribution in [2.45, 2.75) is 42.0 Å². The lowest BCUT2D eigenvalue weighted by Crippen LogP contribution is -2.47. The summed E-state index contributed by atoms with van der Waals surface area (Å²) in [6, 6.07) is 10.1. The van der Waals surface area contributed by atoms with E-state index in [9.17, 15) is 37.7 Å². The lowest BCUT2D eigenvalue weighted by atomic mass is 9.81. The van der Waals surface area contributed by atoms with Crippen LogP contribution in [-0.2, 0) is 24.2 Å². The van der Waals surface area contributed by atoms with Gasteiger partial charge < -0.3 is 9.64 Å². The number of Topliss-reactive ketones (excluding diaryl/α,β-unsaturated/α-hetero) is 3. The molecule has 1 aliphatic heterocycles. The summed E-state index contributed by atoms with van der Waals surface area (Å²) in [4.78, 5) is 58.4. The number of ketones is 3. The first-order valence-electron chi connectivity index (χ1n) is 11.6. The van der Waals surface area contributed by atoms with Gasteiger partial charge in [-0.3, -0.25) is 29.3 Å². The van der Waals surface area contributed by atoms with E-state index < -0.39 is 54.1 Å². The van der Waals surface area contributed by atoms with E-state index in [2.05, 4.69) is 0 Å². The Morgan fingerprint density at radius 3 is 2.28 bits per heavy atom. The molecule has 4 rings (SSSR count). The van der Waals surface area contributed by atoms with Crippen LogP contribution in [0.25, 0.3) is 0 Å². The highest BCUT2D eigenvalue weighted by atomic mass is 35.5. The number of carbonyl (C=O) groups is 4. The highest BCUT2D eigenvalue weighted by molar-refractivity contribution is 7.90. The van der Waals surface area contributed by atoms with Crippen molar-refractivity contribution in [1.29, 1.82) is 0 Å². The number of nitro benzene ring substituents is 1. The summed E-state index contributed by atoms with van der Waals surface area (Å²) in [7, 11) is -3.70. The van der Waals surface area contributed by atoms with Crippen LogP contribution in [0.1, 0.15) is 36.5 Å². The maximum atomic E-state index is 12.4. The number of para-hydroxylation sites is 2. The number of hydrogen-bond acceptors (Lipinski definition) is 9. The fraction of sp³-hybridized carbons (Fsp3) is 0.360. The van der Waals surface area contributed by atoms with E-state index >= 15 is 0 Å². The molecule has 0 radical (unpaired) electrons. The number of ether oxygens (including phenoxy) is 1. The van der Waals surface area contributed by atoms with E-state index in [0.717, 1.165) is 30.1 Å². The van der Waals surface area contributed by atoms with Crippen molar-refractivity contribution in [1.82, 2.24) is 0 Å². The van der Waals surface area contributed by atoms with Crippen LogP contribution in [0.2, 0.25) is 0 Å². The Balaban J connectivity index is 0.000000230. The Hall–Kier alpha value is -3.35. The van der Waals surface area contributed by atoms with Crippen molar-refractivity contribution < 1.29 is 37.3 Å². The second-order valence-electron chi connectivity index (χ2n) is 8.93. The summed E-state index contributed by atoms with van der Waals surface area (Å²) in [6.07, 6.45) is 1.37. The number of benzene rings is 2. The molecule has 1 saturated carbocycles. The zero-order chi connectivity index (χ0) is 29.1. The van der Waals surface area contributed by atoms with Gasteiger partial charge in [0, 0.05) is 25.2 Å². The zero-order valence-corrected chi connectivity index (χ0v) is 23.2. The number of halogens is 2. The predicted molar refractivity (Wildman–Crippen MR) is 142 cm³/mol. The molecule has 2 aliphatic rings. The highest BCUT2D eigenvalue weighted by Crippen LogP contribution is 2.34. The Morgan fingerprint density at radius 1 is 1.10 bits per heavy atom. The molecule has 39 heavy (non-hydrogen) atoms. The topological polar surface area (TPSA) is 158 Å². The van der Waals surface area contributed by atoms with Crippen molar-refractivity contribution >= 4 is 67.7 Å². The molecule has 0 saturated heterocycles. The summed E-state index contributed by atoms with van der Waals surface area (Å²) < 4.78 is 28.5. The molecule has 1 atom stereocenters. The Kier molecular flexibility index (Phi) is 9.47. The third kappa shape index (κ3) is 6.81. The van der Waals surface area contributed by atoms with Crippen molar-refractivity contribution in [3.63, 3.8) is 0 Å². The molecule has 0 aromatic heterocycles. The smallest absolute Gasteiger partial charge is 0.281 e. The molecule has 1 aliphatic carbocycles. The van der Waals surface area contributed by atoms with Crippen LogP contribution in [0.3, 0.4) is 0 Å². The van der Waals surface area contributed by atoms with Gasteiger partial charge in [-0.05, 0) is 37.6 Å². The van der Waals surface area contributed by atoms with Crippen molar-refractivity contribution in [3.8, 4) is 5.75 Å². The highest BCUT2D eigenvalue weighted by Gasteiger charge is 2.39. The van der Waals surface area contributed by atoms with Gasteiger partial charge in [-0.15, -0.1) is 0 Å². The summed E-state index contributed by atoms with van der Waals surface area (Å²) in [5.41, 5.74) is -0.447. The predicted octanol–water partition coefficient (Wildman–Crippen LogP) is 3.72. The minimum absolute atomic E-state index is 0.0668. The Labute approximate surface area is 234 Å². The van der Waals surface area contributed by atoms with Gasteiger partial charge >= 0.3 is 0 Å². The Bertz CT molecular complexity index is 1430. The van der Waals surface area contributed by atoms with Crippen LogP contribution in [0.5, 0.6) is 5.75 Å². The lowest BCUT2D eigenvalue weighted by molar-refractivity contribution is -0.385. The molecule has 11 nitrogen and oxygen atoms in total. The molecular weight excluding hydrogens is 575 g/mol. The first-order chi connectivity index (χ1) is 18.2. The van der Waals surface area contributed by atoms with Crippen molar-refractivity contribution in [2.75, 3.05) is 17.8 Å². The second-order valence-corrected chi connectivity index (χ2v) is 12.0. The lowest BCUT2D eigenvalue weighted by Gasteiger charge is -2.35. The summed E-state index contributed by atoms with van der Waals surface area (Å²) >= 11 is 11.3. The largest absolute Gasteiger partial charge is 0.489 e. The number of anilines is 1. The quantitative estimate of drug-likeness (QED) is 0.164. The fourth-order valence-electron chi connectivity index (χ4n) is 4.20. The van der Waals surface area contributed by atoms with Gasteiger partial charge in [0.2, 0.25) is 0 Å². The van der Waals surface area contributed by atoms with E-state index in [-0.39, 0.29) is 29.7 Å². The van der Waals surface area contributed by atoms with Gasteiger partial charge in [-0.25, -0.2) is 8.42 Å². The first-order valence-corrected chi connectivity index (χ1v) is 14.4. The number of nitrogens with zero attached hydrogens (tertiary/aromatic N) is 2.